The van der Waals surface area contributed by atoms with Crippen molar-refractivity contribution >= 4 is 11.8 Å². The zero-order valence-electron chi connectivity index (χ0n) is 8.62. The molecule has 0 spiro atoms. The van der Waals surface area contributed by atoms with E-state index in [1.54, 1.807) is 18.9 Å². The first kappa shape index (κ1) is 11.6. The van der Waals surface area contributed by atoms with Gasteiger partial charge < -0.3 is 9.84 Å². The van der Waals surface area contributed by atoms with Crippen LogP contribution in [0.25, 0.3) is 0 Å². The molecule has 3 heteroatoms. The van der Waals surface area contributed by atoms with Gasteiger partial charge in [-0.25, -0.2) is 0 Å². The van der Waals surface area contributed by atoms with Gasteiger partial charge in [0, 0.05) is 17.8 Å². The average molecular weight is 212 g/mol. The molecule has 0 fully saturated rings. The van der Waals surface area contributed by atoms with Crippen LogP contribution in [0.5, 0.6) is 0 Å². The summed E-state index contributed by atoms with van der Waals surface area (Å²) >= 11 is 1.78. The maximum absolute atomic E-state index is 8.94. The van der Waals surface area contributed by atoms with E-state index in [1.165, 1.54) is 10.5 Å². The summed E-state index contributed by atoms with van der Waals surface area (Å²) in [5, 5.41) is 8.94. The third-order valence-electron chi connectivity index (χ3n) is 1.97. The Labute approximate surface area is 89.3 Å². The summed E-state index contributed by atoms with van der Waals surface area (Å²) in [6.45, 7) is 2.95. The van der Waals surface area contributed by atoms with E-state index in [-0.39, 0.29) is 6.61 Å². The molecule has 0 atom stereocenters. The minimum Gasteiger partial charge on any atom is -0.392 e. The number of aliphatic hydroxyl groups excluding tert-OH is 1. The van der Waals surface area contributed by atoms with Gasteiger partial charge in [-0.2, -0.15) is 0 Å². The van der Waals surface area contributed by atoms with Gasteiger partial charge >= 0.3 is 0 Å². The van der Waals surface area contributed by atoms with Crippen LogP contribution in [0.2, 0.25) is 0 Å². The summed E-state index contributed by atoms with van der Waals surface area (Å²) in [5.41, 5.74) is 2.19. The Morgan fingerprint density at radius 3 is 2.79 bits per heavy atom. The number of aryl methyl sites for hydroxylation is 1. The fourth-order valence-corrected chi connectivity index (χ4v) is 2.13. The van der Waals surface area contributed by atoms with Crippen molar-refractivity contribution in [2.45, 2.75) is 18.4 Å². The van der Waals surface area contributed by atoms with E-state index in [1.807, 2.05) is 12.1 Å². The van der Waals surface area contributed by atoms with Crippen LogP contribution in [0.15, 0.2) is 23.1 Å². The molecule has 0 saturated heterocycles. The van der Waals surface area contributed by atoms with Crippen molar-refractivity contribution in [3.63, 3.8) is 0 Å². The molecular weight excluding hydrogens is 196 g/mol. The van der Waals surface area contributed by atoms with Crippen molar-refractivity contribution in [1.82, 2.24) is 0 Å². The van der Waals surface area contributed by atoms with Crippen LogP contribution in [0.4, 0.5) is 0 Å². The number of hydrogen-bond acceptors (Lipinski definition) is 3. The van der Waals surface area contributed by atoms with Crippen LogP contribution in [0.1, 0.15) is 11.1 Å². The van der Waals surface area contributed by atoms with Gasteiger partial charge in [-0.1, -0.05) is 12.1 Å². The maximum Gasteiger partial charge on any atom is 0.0681 e. The molecule has 0 unspecified atom stereocenters. The first-order valence-corrected chi connectivity index (χ1v) is 5.58. The van der Waals surface area contributed by atoms with Crippen LogP contribution in [0, 0.1) is 6.92 Å². The maximum atomic E-state index is 8.94. The minimum absolute atomic E-state index is 0.115. The number of aliphatic hydroxyl groups is 1. The summed E-state index contributed by atoms with van der Waals surface area (Å²) in [7, 11) is 1.71. The molecule has 0 aliphatic heterocycles. The highest BCUT2D eigenvalue weighted by molar-refractivity contribution is 7.99. The molecule has 78 valence electrons. The zero-order chi connectivity index (χ0) is 10.4. The second-order valence-corrected chi connectivity index (χ2v) is 4.24. The van der Waals surface area contributed by atoms with E-state index in [0.717, 1.165) is 17.9 Å². The monoisotopic (exact) mass is 212 g/mol. The summed E-state index contributed by atoms with van der Waals surface area (Å²) in [6, 6.07) is 6.04. The van der Waals surface area contributed by atoms with E-state index in [9.17, 15) is 0 Å². The highest BCUT2D eigenvalue weighted by atomic mass is 32.2. The largest absolute Gasteiger partial charge is 0.392 e. The number of thioether (sulfide) groups is 1. The molecule has 0 radical (unpaired) electrons. The molecule has 0 amide bonds. The molecule has 2 nitrogen and oxygen atoms in total. The lowest BCUT2D eigenvalue weighted by Crippen LogP contribution is -1.93. The third-order valence-corrected chi connectivity index (χ3v) is 3.11. The van der Waals surface area contributed by atoms with E-state index >= 15 is 0 Å². The Bertz CT molecular complexity index is 287. The topological polar surface area (TPSA) is 29.5 Å². The van der Waals surface area contributed by atoms with Gasteiger partial charge in [0.1, 0.15) is 0 Å². The normalized spacial score (nSPS) is 10.5. The van der Waals surface area contributed by atoms with Crippen LogP contribution >= 0.6 is 11.8 Å². The van der Waals surface area contributed by atoms with E-state index in [0.29, 0.717) is 0 Å². The fourth-order valence-electron chi connectivity index (χ4n) is 1.21. The molecule has 1 aromatic carbocycles. The number of benzene rings is 1. The SMILES string of the molecule is COCCSc1ccc(CO)cc1C. The van der Waals surface area contributed by atoms with E-state index in [4.69, 9.17) is 9.84 Å². The van der Waals surface area contributed by atoms with E-state index < -0.39 is 0 Å². The van der Waals surface area contributed by atoms with Crippen molar-refractivity contribution in [1.29, 1.82) is 0 Å². The molecule has 1 aromatic rings. The average Bonchev–Trinajstić information content (AvgIpc) is 2.20. The predicted octanol–water partition coefficient (Wildman–Crippen LogP) is 2.23. The standard InChI is InChI=1S/C11H16O2S/c1-9-7-10(8-12)3-4-11(9)14-6-5-13-2/h3-4,7,12H,5-6,8H2,1-2H3. The molecule has 0 heterocycles. The molecule has 0 saturated carbocycles. The van der Waals surface area contributed by atoms with Crippen molar-refractivity contribution in [2.75, 3.05) is 19.5 Å². The van der Waals surface area contributed by atoms with Crippen LogP contribution in [-0.4, -0.2) is 24.6 Å². The van der Waals surface area contributed by atoms with Gasteiger partial charge in [-0.05, 0) is 24.1 Å². The minimum atomic E-state index is 0.115. The lowest BCUT2D eigenvalue weighted by atomic mass is 10.1. The van der Waals surface area contributed by atoms with Crippen LogP contribution in [0.3, 0.4) is 0 Å². The Balaban J connectivity index is 2.59. The third kappa shape index (κ3) is 3.33. The smallest absolute Gasteiger partial charge is 0.0681 e. The summed E-state index contributed by atoms with van der Waals surface area (Å²) in [5.74, 6) is 0.968. The van der Waals surface area contributed by atoms with Crippen molar-refractivity contribution in [3.8, 4) is 0 Å². The lowest BCUT2D eigenvalue weighted by Gasteiger charge is -2.06. The quantitative estimate of drug-likeness (QED) is 0.599. The first-order chi connectivity index (χ1) is 6.77. The van der Waals surface area contributed by atoms with Gasteiger partial charge in [0.25, 0.3) is 0 Å². The number of methoxy groups -OCH3 is 1. The van der Waals surface area contributed by atoms with Crippen molar-refractivity contribution < 1.29 is 9.84 Å². The highest BCUT2D eigenvalue weighted by Gasteiger charge is 1.99. The molecule has 14 heavy (non-hydrogen) atoms. The predicted molar refractivity (Wildman–Crippen MR) is 59.7 cm³/mol. The van der Waals surface area contributed by atoms with E-state index in [2.05, 4.69) is 13.0 Å². The molecule has 0 aliphatic carbocycles. The second-order valence-electron chi connectivity index (χ2n) is 3.10. The van der Waals surface area contributed by atoms with Crippen LogP contribution < -0.4 is 0 Å². The first-order valence-electron chi connectivity index (χ1n) is 4.60. The summed E-state index contributed by atoms with van der Waals surface area (Å²) in [4.78, 5) is 1.26. The van der Waals surface area contributed by atoms with Gasteiger partial charge in [-0.3, -0.25) is 0 Å². The van der Waals surface area contributed by atoms with Gasteiger partial charge in [0.05, 0.1) is 13.2 Å². The second kappa shape index (κ2) is 6.06. The van der Waals surface area contributed by atoms with Gasteiger partial charge in [-0.15, -0.1) is 11.8 Å². The molecule has 0 bridgehead atoms. The summed E-state index contributed by atoms with van der Waals surface area (Å²) < 4.78 is 4.99. The Kier molecular flexibility index (Phi) is 5.01. The van der Waals surface area contributed by atoms with Crippen LogP contribution in [-0.2, 0) is 11.3 Å². The Morgan fingerprint density at radius 2 is 2.21 bits per heavy atom. The molecule has 0 aliphatic rings. The zero-order valence-corrected chi connectivity index (χ0v) is 9.43. The number of rotatable bonds is 5. The summed E-state index contributed by atoms with van der Waals surface area (Å²) in [6.07, 6.45) is 0. The molecular formula is C11H16O2S. The van der Waals surface area contributed by atoms with Gasteiger partial charge in [0.15, 0.2) is 0 Å². The molecule has 0 aromatic heterocycles. The van der Waals surface area contributed by atoms with Crippen molar-refractivity contribution in [3.05, 3.63) is 29.3 Å². The van der Waals surface area contributed by atoms with Crippen molar-refractivity contribution in [2.24, 2.45) is 0 Å². The number of ether oxygens (including phenoxy) is 1. The van der Waals surface area contributed by atoms with Gasteiger partial charge in [0.2, 0.25) is 0 Å². The Hall–Kier alpha value is -0.510. The fraction of sp³-hybridized carbons (Fsp3) is 0.455. The Morgan fingerprint density at radius 1 is 1.43 bits per heavy atom. The lowest BCUT2D eigenvalue weighted by molar-refractivity contribution is 0.218. The number of hydrogen-bond donors (Lipinski definition) is 1. The molecule has 1 N–H and O–H groups in total. The highest BCUT2D eigenvalue weighted by Crippen LogP contribution is 2.23. The molecule has 1 rings (SSSR count).